The minimum absolute atomic E-state index is 0. The maximum atomic E-state index is 13.2. The first kappa shape index (κ1) is 32.5. The Morgan fingerprint density at radius 3 is 2.56 bits per heavy atom. The highest BCUT2D eigenvalue weighted by Gasteiger charge is 2.51. The predicted molar refractivity (Wildman–Crippen MR) is 169 cm³/mol. The second-order valence-electron chi connectivity index (χ2n) is 11.0. The van der Waals surface area contributed by atoms with E-state index in [4.69, 9.17) is 16.3 Å². The maximum Gasteiger partial charge on any atom is 0.343 e. The molecular weight excluding hydrogens is 611 g/mol. The van der Waals surface area contributed by atoms with Gasteiger partial charge in [0.15, 0.2) is 21.2 Å². The summed E-state index contributed by atoms with van der Waals surface area (Å²) in [5.74, 6) is -0.936. The van der Waals surface area contributed by atoms with Gasteiger partial charge in [-0.25, -0.2) is 13.2 Å². The first-order valence-electron chi connectivity index (χ1n) is 13.8. The van der Waals surface area contributed by atoms with Crippen LogP contribution in [0.15, 0.2) is 77.4 Å². The number of likely N-dealkylation sites (tertiary alicyclic amines) is 1. The van der Waals surface area contributed by atoms with E-state index in [9.17, 15) is 23.1 Å². The highest BCUT2D eigenvalue weighted by Crippen LogP contribution is 2.44. The molecule has 11 heteroatoms. The van der Waals surface area contributed by atoms with Gasteiger partial charge in [-0.15, -0.1) is 12.4 Å². The van der Waals surface area contributed by atoms with Gasteiger partial charge in [-0.05, 0) is 79.3 Å². The summed E-state index contributed by atoms with van der Waals surface area (Å²) in [5.41, 5.74) is 2.29. The van der Waals surface area contributed by atoms with Crippen molar-refractivity contribution in [3.05, 3.63) is 94.2 Å². The Hall–Kier alpha value is -3.37. The van der Waals surface area contributed by atoms with Crippen LogP contribution < -0.4 is 5.32 Å². The van der Waals surface area contributed by atoms with Gasteiger partial charge in [-0.3, -0.25) is 9.69 Å². The summed E-state index contributed by atoms with van der Waals surface area (Å²) < 4.78 is 29.9. The molecule has 2 aliphatic rings. The summed E-state index contributed by atoms with van der Waals surface area (Å²) in [6, 6.07) is 19.8. The quantitative estimate of drug-likeness (QED) is 0.326. The van der Waals surface area contributed by atoms with Crippen LogP contribution in [0.5, 0.6) is 0 Å². The molecule has 1 saturated heterocycles. The number of rotatable bonds is 8. The molecule has 1 spiro atoms. The number of aryl methyl sites for hydroxylation is 1. The average molecular weight is 646 g/mol. The van der Waals surface area contributed by atoms with Crippen molar-refractivity contribution in [3.63, 3.8) is 0 Å². The van der Waals surface area contributed by atoms with Crippen LogP contribution in [0, 0.1) is 6.92 Å². The molecule has 8 nitrogen and oxygen atoms in total. The number of nitrogens with zero attached hydrogens (tertiary/aromatic N) is 1. The molecular formula is C32H34Cl2N2O6S. The molecule has 1 amide bonds. The van der Waals surface area contributed by atoms with Crippen LogP contribution in [-0.2, 0) is 30.6 Å². The molecule has 0 bridgehead atoms. The fourth-order valence-corrected chi connectivity index (χ4v) is 6.61. The zero-order valence-electron chi connectivity index (χ0n) is 23.9. The van der Waals surface area contributed by atoms with Gasteiger partial charge < -0.3 is 15.2 Å². The van der Waals surface area contributed by atoms with Gasteiger partial charge in [-0.1, -0.05) is 54.1 Å². The molecule has 228 valence electrons. The van der Waals surface area contributed by atoms with Crippen LogP contribution in [0.2, 0.25) is 5.02 Å². The lowest BCUT2D eigenvalue weighted by Gasteiger charge is -2.38. The van der Waals surface area contributed by atoms with Crippen molar-refractivity contribution in [2.75, 3.05) is 32.4 Å². The molecule has 2 aliphatic heterocycles. The molecule has 1 fully saturated rings. The van der Waals surface area contributed by atoms with Gasteiger partial charge in [-0.2, -0.15) is 0 Å². The van der Waals surface area contributed by atoms with E-state index in [2.05, 4.69) is 5.32 Å². The monoisotopic (exact) mass is 644 g/mol. The van der Waals surface area contributed by atoms with Gasteiger partial charge in [0, 0.05) is 29.9 Å². The van der Waals surface area contributed by atoms with Crippen molar-refractivity contribution < 1.29 is 27.9 Å². The lowest BCUT2D eigenvalue weighted by Crippen LogP contribution is -2.52. The Balaban J connectivity index is 0.00000423. The van der Waals surface area contributed by atoms with Gasteiger partial charge in [0.2, 0.25) is 5.91 Å². The number of carbonyl (C=O) groups excluding carboxylic acids is 2. The minimum atomic E-state index is -3.41. The number of amides is 1. The van der Waals surface area contributed by atoms with E-state index in [-0.39, 0.29) is 47.6 Å². The van der Waals surface area contributed by atoms with Crippen molar-refractivity contribution in [1.29, 1.82) is 0 Å². The molecule has 3 aromatic rings. The molecule has 5 rings (SSSR count). The fourth-order valence-electron chi connectivity index (χ4n) is 5.67. The van der Waals surface area contributed by atoms with Crippen molar-refractivity contribution in [1.82, 2.24) is 10.2 Å². The van der Waals surface area contributed by atoms with E-state index in [0.717, 1.165) is 18.2 Å². The Kier molecular flexibility index (Phi) is 9.91. The molecule has 43 heavy (non-hydrogen) atoms. The predicted octanol–water partition coefficient (Wildman–Crippen LogP) is 5.16. The van der Waals surface area contributed by atoms with Crippen LogP contribution >= 0.6 is 24.0 Å². The third kappa shape index (κ3) is 7.07. The fraction of sp³-hybridized carbons (Fsp3) is 0.312. The second kappa shape index (κ2) is 13.1. The van der Waals surface area contributed by atoms with E-state index in [1.165, 1.54) is 6.07 Å². The Morgan fingerprint density at radius 1 is 1.09 bits per heavy atom. The number of nitrogens with one attached hydrogen (secondary N) is 1. The number of sulfone groups is 1. The van der Waals surface area contributed by atoms with Crippen molar-refractivity contribution in [2.45, 2.75) is 36.7 Å². The zero-order chi connectivity index (χ0) is 30.1. The lowest BCUT2D eigenvalue weighted by atomic mass is 9.87. The van der Waals surface area contributed by atoms with Gasteiger partial charge in [0.05, 0.1) is 11.4 Å². The Morgan fingerprint density at radius 2 is 1.84 bits per heavy atom. The SMILES string of the molecule is Cc1cc(-c2cccc(S(C)(=O)=O)c2)c(Cl)cc1C1=C(O)C2(CCCN(CC(=O)NCCc3ccccc3)C2)OC1=O.Cl. The Bertz CT molecular complexity index is 1680. The molecule has 2 N–H and O–H groups in total. The van der Waals surface area contributed by atoms with Crippen LogP contribution in [-0.4, -0.2) is 68.3 Å². The van der Waals surface area contributed by atoms with Crippen molar-refractivity contribution in [3.8, 4) is 11.1 Å². The molecule has 1 atom stereocenters. The molecule has 0 aliphatic carbocycles. The number of hydrogen-bond acceptors (Lipinski definition) is 7. The van der Waals surface area contributed by atoms with Gasteiger partial charge in [0.25, 0.3) is 0 Å². The van der Waals surface area contributed by atoms with E-state index in [1.54, 1.807) is 37.3 Å². The highest BCUT2D eigenvalue weighted by atomic mass is 35.5. The molecule has 0 radical (unpaired) electrons. The molecule has 0 aromatic heterocycles. The third-order valence-corrected chi connectivity index (χ3v) is 9.22. The third-order valence-electron chi connectivity index (χ3n) is 7.80. The van der Waals surface area contributed by atoms with E-state index in [0.29, 0.717) is 53.2 Å². The Labute approximate surface area is 263 Å². The molecule has 0 saturated carbocycles. The molecule has 3 aromatic carbocycles. The summed E-state index contributed by atoms with van der Waals surface area (Å²) in [4.78, 5) is 27.9. The van der Waals surface area contributed by atoms with Crippen molar-refractivity contribution in [2.24, 2.45) is 0 Å². The normalized spacial score (nSPS) is 18.8. The second-order valence-corrected chi connectivity index (χ2v) is 13.4. The van der Waals surface area contributed by atoms with Crippen molar-refractivity contribution >= 4 is 51.3 Å². The summed E-state index contributed by atoms with van der Waals surface area (Å²) in [7, 11) is -3.41. The largest absolute Gasteiger partial charge is 0.507 e. The number of piperidine rings is 1. The van der Waals surface area contributed by atoms with Crippen LogP contribution in [0.1, 0.15) is 29.5 Å². The molecule has 1 unspecified atom stereocenters. The van der Waals surface area contributed by atoms with Crippen LogP contribution in [0.3, 0.4) is 0 Å². The summed E-state index contributed by atoms with van der Waals surface area (Å²) in [5, 5.41) is 14.7. The van der Waals surface area contributed by atoms with Gasteiger partial charge >= 0.3 is 5.97 Å². The van der Waals surface area contributed by atoms with Crippen LogP contribution in [0.4, 0.5) is 0 Å². The first-order chi connectivity index (χ1) is 20.0. The van der Waals surface area contributed by atoms with E-state index < -0.39 is 21.4 Å². The highest BCUT2D eigenvalue weighted by molar-refractivity contribution is 7.90. The number of ether oxygens (including phenoxy) is 1. The van der Waals surface area contributed by atoms with Crippen LogP contribution in [0.25, 0.3) is 16.7 Å². The summed E-state index contributed by atoms with van der Waals surface area (Å²) >= 11 is 6.66. The number of esters is 1. The number of aliphatic hydroxyl groups excluding tert-OH is 1. The number of aliphatic hydroxyl groups is 1. The number of halogens is 2. The minimum Gasteiger partial charge on any atom is -0.507 e. The number of hydrogen-bond donors (Lipinski definition) is 2. The number of carbonyl (C=O) groups is 2. The standard InChI is InChI=1S/C32H33ClN2O6S.ClH/c1-21-16-26(23-10-6-11-24(17-23)42(2,39)40)27(33)18-25(21)29-30(37)32(41-31(29)38)13-7-15-35(20-32)19-28(36)34-14-12-22-8-4-3-5-9-22;/h3-6,8-11,16-18,37H,7,12-15,19-20H2,1-2H3,(H,34,36);1H. The average Bonchev–Trinajstić information content (AvgIpc) is 3.17. The van der Waals surface area contributed by atoms with E-state index >= 15 is 0 Å². The zero-order valence-corrected chi connectivity index (χ0v) is 26.3. The smallest absolute Gasteiger partial charge is 0.343 e. The lowest BCUT2D eigenvalue weighted by molar-refractivity contribution is -0.152. The molecule has 2 heterocycles. The number of benzene rings is 3. The first-order valence-corrected chi connectivity index (χ1v) is 16.0. The summed E-state index contributed by atoms with van der Waals surface area (Å²) in [6.45, 7) is 3.27. The van der Waals surface area contributed by atoms with E-state index in [1.807, 2.05) is 35.2 Å². The maximum absolute atomic E-state index is 13.2. The topological polar surface area (TPSA) is 113 Å². The summed E-state index contributed by atoms with van der Waals surface area (Å²) in [6.07, 6.45) is 2.94. The van der Waals surface area contributed by atoms with Gasteiger partial charge in [0.1, 0.15) is 5.57 Å².